The molecule has 8 heterocycles. The molecule has 0 saturated carbocycles. The van der Waals surface area contributed by atoms with Crippen LogP contribution in [0, 0.1) is 0 Å². The van der Waals surface area contributed by atoms with Crippen molar-refractivity contribution >= 4 is 0 Å². The Morgan fingerprint density at radius 1 is 0.208 bits per heavy atom. The molecule has 0 bridgehead atoms. The molecule has 0 atom stereocenters. The number of nitrogen functional groups attached to an aromatic ring is 8. The van der Waals surface area contributed by atoms with Crippen LogP contribution in [-0.4, -0.2) is 163 Å². The van der Waals surface area contributed by atoms with Crippen molar-refractivity contribution in [1.82, 2.24) is 163 Å². The lowest BCUT2D eigenvalue weighted by molar-refractivity contribution is 0.743. The first-order valence-electron chi connectivity index (χ1n) is 11.4. The molecule has 0 amide bonds. The molecule has 0 aliphatic carbocycles. The fourth-order valence-electron chi connectivity index (χ4n) is 2.73. The molecule has 40 nitrogen and oxygen atoms in total. The van der Waals surface area contributed by atoms with Gasteiger partial charge in [-0.05, 0) is 83.4 Å². The van der Waals surface area contributed by atoms with E-state index in [9.17, 15) is 0 Å². The van der Waals surface area contributed by atoms with E-state index in [0.717, 1.165) is 38.3 Å². The lowest BCUT2D eigenvalue weighted by Gasteiger charge is -1.93. The van der Waals surface area contributed by atoms with E-state index in [2.05, 4.69) is 124 Å². The zero-order valence-corrected chi connectivity index (χ0v) is 22.9. The highest BCUT2D eigenvalue weighted by molar-refractivity contribution is 5.42. The van der Waals surface area contributed by atoms with Gasteiger partial charge in [0, 0.05) is 0 Å². The molecule has 16 N–H and O–H groups in total. The largest absolute Gasteiger partial charge is 0.320 e. The van der Waals surface area contributed by atoms with Crippen LogP contribution in [-0.2, 0) is 0 Å². The average molecular weight is 672 g/mol. The Bertz CT molecular complexity index is 1680. The van der Waals surface area contributed by atoms with E-state index in [1.54, 1.807) is 0 Å². The molecule has 0 aromatic carbocycles. The van der Waals surface area contributed by atoms with Crippen molar-refractivity contribution < 1.29 is 0 Å². The molecule has 0 aliphatic rings. The Hall–Kier alpha value is -9.04. The topological polar surface area (TPSA) is 557 Å². The summed E-state index contributed by atoms with van der Waals surface area (Å²) in [5.41, 5.74) is 0. The van der Waals surface area contributed by atoms with E-state index in [4.69, 9.17) is 46.7 Å². The quantitative estimate of drug-likeness (QED) is 0.0804. The minimum atomic E-state index is 0.197. The molecule has 0 fully saturated rings. The highest BCUT2D eigenvalue weighted by atomic mass is 15.7. The maximum atomic E-state index is 5.32. The summed E-state index contributed by atoms with van der Waals surface area (Å²) >= 11 is 0. The number of hydrogen-bond acceptors (Lipinski definition) is 32. The molecule has 0 radical (unpaired) electrons. The Morgan fingerprint density at radius 3 is 0.375 bits per heavy atom. The van der Waals surface area contributed by atoms with Crippen molar-refractivity contribution in [1.29, 1.82) is 0 Å². The number of aromatic nitrogens is 32. The van der Waals surface area contributed by atoms with Crippen LogP contribution in [0.25, 0.3) is 46.6 Å². The van der Waals surface area contributed by atoms with E-state index < -0.39 is 0 Å². The van der Waals surface area contributed by atoms with Crippen molar-refractivity contribution in [2.75, 3.05) is 46.7 Å². The Morgan fingerprint density at radius 2 is 0.312 bits per heavy atom. The average Bonchev–Trinajstić information content (AvgIpc) is 3.89. The lowest BCUT2D eigenvalue weighted by atomic mass is 10.6. The van der Waals surface area contributed by atoms with Crippen molar-refractivity contribution in [3.05, 3.63) is 0 Å². The Labute approximate surface area is 256 Å². The molecular weight excluding hydrogens is 656 g/mol. The molecule has 0 saturated heterocycles. The second kappa shape index (κ2) is 13.1. The molecule has 8 aromatic rings. The minimum absolute atomic E-state index is 0.197. The maximum absolute atomic E-state index is 5.32. The standard InChI is InChI=1S/4C2H4N10/c4*3-11-1(5-7-9-11)2-6-8-10-12(2)4/h4*3-4H2. The van der Waals surface area contributed by atoms with Gasteiger partial charge in [0.05, 0.1) is 0 Å². The van der Waals surface area contributed by atoms with Crippen LogP contribution in [0.3, 0.4) is 0 Å². The first kappa shape index (κ1) is 30.4. The number of nitrogens with two attached hydrogens (primary N) is 8. The van der Waals surface area contributed by atoms with Gasteiger partial charge >= 0.3 is 0 Å². The van der Waals surface area contributed by atoms with Crippen LogP contribution in [0.2, 0.25) is 0 Å². The van der Waals surface area contributed by atoms with Crippen LogP contribution in [0.1, 0.15) is 0 Å². The van der Waals surface area contributed by atoms with Gasteiger partial charge in [-0.25, -0.2) is 0 Å². The van der Waals surface area contributed by atoms with Gasteiger partial charge in [0.1, 0.15) is 0 Å². The van der Waals surface area contributed by atoms with Crippen LogP contribution < -0.4 is 46.7 Å². The van der Waals surface area contributed by atoms with Crippen molar-refractivity contribution in [2.24, 2.45) is 0 Å². The molecule has 0 aliphatic heterocycles. The van der Waals surface area contributed by atoms with E-state index >= 15 is 0 Å². The Kier molecular flexibility index (Phi) is 8.29. The van der Waals surface area contributed by atoms with Crippen LogP contribution >= 0.6 is 0 Å². The molecule has 8 rings (SSSR count). The highest BCUT2D eigenvalue weighted by Crippen LogP contribution is 2.06. The van der Waals surface area contributed by atoms with Gasteiger partial charge < -0.3 is 46.7 Å². The van der Waals surface area contributed by atoms with Crippen molar-refractivity contribution in [3.63, 3.8) is 0 Å². The molecule has 48 heavy (non-hydrogen) atoms. The van der Waals surface area contributed by atoms with Gasteiger partial charge in [-0.2, -0.15) is 0 Å². The van der Waals surface area contributed by atoms with Gasteiger partial charge in [-0.15, -0.1) is 79.1 Å². The second-order valence-electron chi connectivity index (χ2n) is 7.58. The van der Waals surface area contributed by atoms with Crippen molar-refractivity contribution in [2.45, 2.75) is 0 Å². The number of tetrazole rings is 8. The van der Waals surface area contributed by atoms with Gasteiger partial charge in [0.2, 0.25) is 46.6 Å². The monoisotopic (exact) mass is 672 g/mol. The molecule has 0 spiro atoms. The van der Waals surface area contributed by atoms with E-state index in [0.29, 0.717) is 0 Å². The predicted octanol–water partition coefficient (Wildman–Crippen LogP) is -13.0. The summed E-state index contributed by atoms with van der Waals surface area (Å²) in [7, 11) is 0. The number of nitrogens with zero attached hydrogens (tertiary/aromatic N) is 32. The molecule has 8 aromatic heterocycles. The maximum Gasteiger partial charge on any atom is 0.245 e. The van der Waals surface area contributed by atoms with Crippen LogP contribution in [0.5, 0.6) is 0 Å². The third-order valence-corrected chi connectivity index (χ3v) is 4.74. The van der Waals surface area contributed by atoms with Crippen LogP contribution in [0.4, 0.5) is 0 Å². The van der Waals surface area contributed by atoms with E-state index in [1.807, 2.05) is 0 Å². The normalized spacial score (nSPS) is 10.3. The summed E-state index contributed by atoms with van der Waals surface area (Å²) in [6.45, 7) is 0. The fourth-order valence-corrected chi connectivity index (χ4v) is 2.73. The van der Waals surface area contributed by atoms with Gasteiger partial charge in [-0.1, -0.05) is 0 Å². The Balaban J connectivity index is 0.000000125. The molecular formula is C8H16N40. The van der Waals surface area contributed by atoms with Gasteiger partial charge in [0.25, 0.3) is 0 Å². The fraction of sp³-hybridized carbons (Fsp3) is 0. The number of rotatable bonds is 4. The highest BCUT2D eigenvalue weighted by Gasteiger charge is 2.16. The van der Waals surface area contributed by atoms with Gasteiger partial charge in [-0.3, -0.25) is 0 Å². The van der Waals surface area contributed by atoms with Crippen LogP contribution in [0.15, 0.2) is 0 Å². The van der Waals surface area contributed by atoms with E-state index in [-0.39, 0.29) is 46.6 Å². The van der Waals surface area contributed by atoms with Crippen molar-refractivity contribution in [3.8, 4) is 46.6 Å². The molecule has 40 heteroatoms. The lowest BCUT2D eigenvalue weighted by Crippen LogP contribution is -2.17. The summed E-state index contributed by atoms with van der Waals surface area (Å²) in [6, 6.07) is 0. The molecule has 0 unspecified atom stereocenters. The zero-order valence-electron chi connectivity index (χ0n) is 22.9. The summed E-state index contributed by atoms with van der Waals surface area (Å²) in [6.07, 6.45) is 0. The third-order valence-electron chi connectivity index (χ3n) is 4.74. The summed E-state index contributed by atoms with van der Waals surface area (Å²) in [5, 5.41) is 81.8. The second-order valence-corrected chi connectivity index (χ2v) is 7.58. The predicted molar refractivity (Wildman–Crippen MR) is 140 cm³/mol. The molecule has 248 valence electrons. The number of hydrogen-bond donors (Lipinski definition) is 8. The summed E-state index contributed by atoms with van der Waals surface area (Å²) < 4.78 is 0. The first-order valence-corrected chi connectivity index (χ1v) is 11.4. The first-order chi connectivity index (χ1) is 23.2. The third kappa shape index (κ3) is 6.32. The zero-order chi connectivity index (χ0) is 34.2. The van der Waals surface area contributed by atoms with E-state index in [1.165, 1.54) is 0 Å². The summed E-state index contributed by atoms with van der Waals surface area (Å²) in [4.78, 5) is 7.41. The van der Waals surface area contributed by atoms with Gasteiger partial charge in [0.15, 0.2) is 0 Å². The SMILES string of the molecule is Nn1nnnc1-c1nnnn1N.Nn1nnnc1-c1nnnn1N.Nn1nnnc1-c1nnnn1N.Nn1nnnc1-c1nnnn1N. The summed E-state index contributed by atoms with van der Waals surface area (Å²) in [5.74, 6) is 44.1. The minimum Gasteiger partial charge on any atom is -0.320 e. The smallest absolute Gasteiger partial charge is 0.245 e.